The maximum atomic E-state index is 13.2. The summed E-state index contributed by atoms with van der Waals surface area (Å²) in [4.78, 5) is 13.2. The SMILES string of the molecule is COc1cc(-c2oc3cc(O)cc(O)c3c(=O)c2O[C@H]2O[C@@H](CO)[C@H](O)[C@H]2O)ccc1O. The van der Waals surface area contributed by atoms with Crippen LogP contribution >= 0.6 is 0 Å². The first-order valence-corrected chi connectivity index (χ1v) is 9.44. The van der Waals surface area contributed by atoms with Gasteiger partial charge in [0, 0.05) is 17.7 Å². The normalized spacial score (nSPS) is 22.9. The summed E-state index contributed by atoms with van der Waals surface area (Å²) in [7, 11) is 1.32. The van der Waals surface area contributed by atoms with Crippen molar-refractivity contribution < 1.29 is 49.3 Å². The molecule has 6 N–H and O–H groups in total. The first kappa shape index (κ1) is 21.7. The molecule has 0 amide bonds. The molecule has 11 nitrogen and oxygen atoms in total. The third-order valence-corrected chi connectivity index (χ3v) is 5.09. The number of phenols is 3. The van der Waals surface area contributed by atoms with E-state index in [-0.39, 0.29) is 39.5 Å². The molecule has 3 aromatic rings. The average Bonchev–Trinajstić information content (AvgIpc) is 3.03. The molecule has 1 aliphatic rings. The Hall–Kier alpha value is -3.51. The van der Waals surface area contributed by atoms with Crippen LogP contribution in [0.15, 0.2) is 39.5 Å². The lowest BCUT2D eigenvalue weighted by atomic mass is 10.1. The monoisotopic (exact) mass is 448 g/mol. The number of phenolic OH excluding ortho intramolecular Hbond substituents is 3. The predicted octanol–water partition coefficient (Wildman–Crippen LogP) is 0.403. The highest BCUT2D eigenvalue weighted by Gasteiger charge is 2.44. The average molecular weight is 448 g/mol. The molecule has 2 aromatic carbocycles. The molecule has 0 spiro atoms. The number of benzene rings is 2. The zero-order chi connectivity index (χ0) is 23.2. The number of hydrogen-bond acceptors (Lipinski definition) is 11. The molecule has 0 aliphatic carbocycles. The standard InChI is InChI=1S/C21H20O11/c1-29-12-4-8(2-3-10(12)24)19-20(32-21-18(28)16(26)14(7-22)31-21)17(27)15-11(25)5-9(23)6-13(15)30-19/h2-6,14,16,18,21-26,28H,7H2,1H3/t14-,16-,18+,21+/m0/s1. The molecule has 0 saturated carbocycles. The van der Waals surface area contributed by atoms with Gasteiger partial charge in [-0.2, -0.15) is 0 Å². The Morgan fingerprint density at radius 3 is 2.44 bits per heavy atom. The van der Waals surface area contributed by atoms with Crippen LogP contribution in [0.5, 0.6) is 28.7 Å². The molecule has 2 heterocycles. The van der Waals surface area contributed by atoms with Gasteiger partial charge in [0.15, 0.2) is 17.3 Å². The number of hydrogen-bond donors (Lipinski definition) is 6. The van der Waals surface area contributed by atoms with Crippen molar-refractivity contribution >= 4 is 11.0 Å². The molecule has 0 radical (unpaired) electrons. The van der Waals surface area contributed by atoms with Crippen molar-refractivity contribution in [3.8, 4) is 40.1 Å². The van der Waals surface area contributed by atoms with Gasteiger partial charge in [-0.25, -0.2) is 0 Å². The molecule has 1 fully saturated rings. The third-order valence-electron chi connectivity index (χ3n) is 5.09. The summed E-state index contributed by atoms with van der Waals surface area (Å²) < 4.78 is 21.7. The van der Waals surface area contributed by atoms with Gasteiger partial charge in [-0.1, -0.05) is 0 Å². The minimum atomic E-state index is -1.60. The van der Waals surface area contributed by atoms with Gasteiger partial charge in [-0.3, -0.25) is 4.79 Å². The van der Waals surface area contributed by atoms with E-state index in [9.17, 15) is 35.4 Å². The topological polar surface area (TPSA) is 179 Å². The van der Waals surface area contributed by atoms with Crippen LogP contribution in [-0.4, -0.2) is 69.0 Å². The van der Waals surface area contributed by atoms with Gasteiger partial charge < -0.3 is 49.3 Å². The maximum Gasteiger partial charge on any atom is 0.239 e. The smallest absolute Gasteiger partial charge is 0.239 e. The number of aliphatic hydroxyl groups excluding tert-OH is 3. The number of aromatic hydroxyl groups is 3. The second kappa shape index (κ2) is 8.20. The molecule has 0 unspecified atom stereocenters. The van der Waals surface area contributed by atoms with E-state index in [0.29, 0.717) is 0 Å². The van der Waals surface area contributed by atoms with Crippen molar-refractivity contribution in [3.05, 3.63) is 40.6 Å². The Balaban J connectivity index is 1.93. The summed E-state index contributed by atoms with van der Waals surface area (Å²) >= 11 is 0. The quantitative estimate of drug-likeness (QED) is 0.318. The van der Waals surface area contributed by atoms with E-state index in [2.05, 4.69) is 0 Å². The first-order chi connectivity index (χ1) is 15.2. The van der Waals surface area contributed by atoms with Crippen LogP contribution in [-0.2, 0) is 4.74 Å². The molecular weight excluding hydrogens is 428 g/mol. The highest BCUT2D eigenvalue weighted by molar-refractivity contribution is 5.88. The number of fused-ring (bicyclic) bond motifs is 1. The predicted molar refractivity (Wildman–Crippen MR) is 108 cm³/mol. The minimum Gasteiger partial charge on any atom is -0.508 e. The van der Waals surface area contributed by atoms with Gasteiger partial charge in [0.2, 0.25) is 17.5 Å². The summed E-state index contributed by atoms with van der Waals surface area (Å²) in [6.07, 6.45) is -5.76. The summed E-state index contributed by atoms with van der Waals surface area (Å²) in [6.45, 7) is -0.605. The van der Waals surface area contributed by atoms with Gasteiger partial charge >= 0.3 is 0 Å². The number of aliphatic hydroxyl groups is 3. The molecule has 1 aliphatic heterocycles. The molecular formula is C21H20O11. The zero-order valence-electron chi connectivity index (χ0n) is 16.6. The van der Waals surface area contributed by atoms with Crippen LogP contribution in [0.25, 0.3) is 22.3 Å². The molecule has 1 saturated heterocycles. The van der Waals surface area contributed by atoms with Crippen molar-refractivity contribution in [2.24, 2.45) is 0 Å². The van der Waals surface area contributed by atoms with Crippen LogP contribution < -0.4 is 14.9 Å². The lowest BCUT2D eigenvalue weighted by Gasteiger charge is -2.19. The molecule has 4 rings (SSSR count). The molecule has 4 atom stereocenters. The van der Waals surface area contributed by atoms with E-state index < -0.39 is 48.1 Å². The van der Waals surface area contributed by atoms with Gasteiger partial charge in [-0.15, -0.1) is 0 Å². The van der Waals surface area contributed by atoms with Crippen LogP contribution in [0.2, 0.25) is 0 Å². The van der Waals surface area contributed by atoms with Crippen molar-refractivity contribution in [2.75, 3.05) is 13.7 Å². The van der Waals surface area contributed by atoms with Crippen molar-refractivity contribution in [3.63, 3.8) is 0 Å². The van der Waals surface area contributed by atoms with Gasteiger partial charge in [0.25, 0.3) is 0 Å². The van der Waals surface area contributed by atoms with E-state index >= 15 is 0 Å². The fourth-order valence-electron chi connectivity index (χ4n) is 3.46. The van der Waals surface area contributed by atoms with E-state index in [0.717, 1.165) is 12.1 Å². The highest BCUT2D eigenvalue weighted by Crippen LogP contribution is 2.39. The van der Waals surface area contributed by atoms with Crippen molar-refractivity contribution in [2.45, 2.75) is 24.6 Å². The van der Waals surface area contributed by atoms with Gasteiger partial charge in [-0.05, 0) is 18.2 Å². The fourth-order valence-corrected chi connectivity index (χ4v) is 3.46. The number of rotatable bonds is 5. The Kier molecular flexibility index (Phi) is 5.57. The van der Waals surface area contributed by atoms with Gasteiger partial charge in [0.05, 0.1) is 13.7 Å². The van der Waals surface area contributed by atoms with Crippen molar-refractivity contribution in [1.29, 1.82) is 0 Å². The molecule has 1 aromatic heterocycles. The first-order valence-electron chi connectivity index (χ1n) is 9.44. The summed E-state index contributed by atoms with van der Waals surface area (Å²) in [5.41, 5.74) is -0.810. The van der Waals surface area contributed by atoms with Crippen LogP contribution in [0.1, 0.15) is 0 Å². The molecule has 170 valence electrons. The Bertz CT molecular complexity index is 1220. The highest BCUT2D eigenvalue weighted by atomic mass is 16.7. The summed E-state index contributed by atoms with van der Waals surface area (Å²) in [5, 5.41) is 59.0. The number of methoxy groups -OCH3 is 1. The zero-order valence-corrected chi connectivity index (χ0v) is 16.6. The fraction of sp³-hybridized carbons (Fsp3) is 0.286. The van der Waals surface area contributed by atoms with Gasteiger partial charge in [0.1, 0.15) is 40.8 Å². The Morgan fingerprint density at radius 1 is 1.03 bits per heavy atom. The van der Waals surface area contributed by atoms with E-state index in [4.69, 9.17) is 18.6 Å². The van der Waals surface area contributed by atoms with Crippen LogP contribution in [0, 0.1) is 0 Å². The maximum absolute atomic E-state index is 13.2. The largest absolute Gasteiger partial charge is 0.508 e. The summed E-state index contributed by atoms with van der Waals surface area (Å²) in [6, 6.07) is 6.10. The second-order valence-electron chi connectivity index (χ2n) is 7.14. The summed E-state index contributed by atoms with van der Waals surface area (Å²) in [5.74, 6) is -1.73. The van der Waals surface area contributed by atoms with E-state index in [1.165, 1.54) is 25.3 Å². The lowest BCUT2D eigenvalue weighted by Crippen LogP contribution is -2.36. The third kappa shape index (κ3) is 3.56. The van der Waals surface area contributed by atoms with Crippen LogP contribution in [0.3, 0.4) is 0 Å². The Labute approximate surface area is 179 Å². The Morgan fingerprint density at radius 2 is 1.78 bits per heavy atom. The lowest BCUT2D eigenvalue weighted by molar-refractivity contribution is -0.117. The molecule has 32 heavy (non-hydrogen) atoms. The minimum absolute atomic E-state index is 0.0582. The molecule has 11 heteroatoms. The van der Waals surface area contributed by atoms with Crippen molar-refractivity contribution in [1.82, 2.24) is 0 Å². The van der Waals surface area contributed by atoms with E-state index in [1.807, 2.05) is 0 Å². The number of ether oxygens (including phenoxy) is 3. The van der Waals surface area contributed by atoms with E-state index in [1.54, 1.807) is 0 Å². The second-order valence-corrected chi connectivity index (χ2v) is 7.14. The van der Waals surface area contributed by atoms with Crippen LogP contribution in [0.4, 0.5) is 0 Å². The molecule has 0 bridgehead atoms.